The van der Waals surface area contributed by atoms with Crippen LogP contribution in [0, 0.1) is 0 Å². The van der Waals surface area contributed by atoms with Gasteiger partial charge in [-0.15, -0.1) is 0 Å². The monoisotopic (exact) mass is 347 g/mol. The molecule has 5 heteroatoms. The minimum absolute atomic E-state index is 0.581. The Kier molecular flexibility index (Phi) is 3.65. The van der Waals surface area contributed by atoms with Gasteiger partial charge in [0.2, 0.25) is 0 Å². The standard InChI is InChI=1S/C17H13Cl2N2S/c18-14-7-6-12(10-15(14)19)16-11-20-8-9-22-17(20)21(16)13-4-2-1-3-5-13/h1-7,10-11H,8-9H2/q+1. The Hall–Kier alpha value is -1.42. The number of nitrogens with zero attached hydrogens (tertiary/aromatic N) is 2. The molecular weight excluding hydrogens is 335 g/mol. The van der Waals surface area contributed by atoms with Gasteiger partial charge < -0.3 is 0 Å². The molecular formula is C17H13Cl2N2S+. The van der Waals surface area contributed by atoms with Gasteiger partial charge in [0.15, 0.2) is 5.69 Å². The van der Waals surface area contributed by atoms with E-state index in [0.717, 1.165) is 29.2 Å². The van der Waals surface area contributed by atoms with Crippen LogP contribution in [0.5, 0.6) is 0 Å². The van der Waals surface area contributed by atoms with E-state index in [9.17, 15) is 0 Å². The first-order valence-electron chi connectivity index (χ1n) is 7.03. The van der Waals surface area contributed by atoms with Gasteiger partial charge in [0.05, 0.1) is 10.0 Å². The average Bonchev–Trinajstić information content (AvgIpc) is 3.11. The first kappa shape index (κ1) is 14.2. The summed E-state index contributed by atoms with van der Waals surface area (Å²) in [6.45, 7) is 1.04. The van der Waals surface area contributed by atoms with Crippen molar-refractivity contribution in [1.82, 2.24) is 4.57 Å². The largest absolute Gasteiger partial charge is 0.323 e. The lowest BCUT2D eigenvalue weighted by atomic mass is 10.1. The van der Waals surface area contributed by atoms with Crippen LogP contribution in [0.15, 0.2) is 59.9 Å². The summed E-state index contributed by atoms with van der Waals surface area (Å²) in [7, 11) is 0. The SMILES string of the molecule is Clc1ccc(-c2c[n+]3c(n2-c2ccccc2)SCC3)cc1Cl. The highest BCUT2D eigenvalue weighted by Crippen LogP contribution is 2.33. The van der Waals surface area contributed by atoms with Crippen LogP contribution < -0.4 is 4.57 Å². The molecule has 2 nitrogen and oxygen atoms in total. The molecule has 0 aliphatic carbocycles. The highest BCUT2D eigenvalue weighted by atomic mass is 35.5. The number of hydrogen-bond acceptors (Lipinski definition) is 1. The normalized spacial score (nSPS) is 13.4. The molecule has 1 aliphatic heterocycles. The van der Waals surface area contributed by atoms with Crippen molar-refractivity contribution >= 4 is 35.0 Å². The van der Waals surface area contributed by atoms with Gasteiger partial charge in [-0.25, -0.2) is 4.57 Å². The summed E-state index contributed by atoms with van der Waals surface area (Å²) in [6, 6.07) is 16.2. The number of hydrogen-bond donors (Lipinski definition) is 0. The number of benzene rings is 2. The highest BCUT2D eigenvalue weighted by molar-refractivity contribution is 7.99. The van der Waals surface area contributed by atoms with Crippen LogP contribution in [0.1, 0.15) is 0 Å². The molecule has 2 heterocycles. The van der Waals surface area contributed by atoms with Crippen molar-refractivity contribution in [2.24, 2.45) is 0 Å². The van der Waals surface area contributed by atoms with Crippen molar-refractivity contribution in [1.29, 1.82) is 0 Å². The van der Waals surface area contributed by atoms with Gasteiger partial charge in [0, 0.05) is 11.3 Å². The van der Waals surface area contributed by atoms with E-state index in [1.807, 2.05) is 36.0 Å². The maximum atomic E-state index is 6.20. The van der Waals surface area contributed by atoms with Crippen molar-refractivity contribution in [2.75, 3.05) is 5.75 Å². The fraction of sp³-hybridized carbons (Fsp3) is 0.118. The first-order chi connectivity index (χ1) is 10.7. The molecule has 0 spiro atoms. The predicted octanol–water partition coefficient (Wildman–Crippen LogP) is 4.84. The molecule has 3 aromatic rings. The molecule has 2 aromatic carbocycles. The minimum atomic E-state index is 0.581. The topological polar surface area (TPSA) is 8.81 Å². The van der Waals surface area contributed by atoms with E-state index < -0.39 is 0 Å². The Morgan fingerprint density at radius 3 is 2.59 bits per heavy atom. The van der Waals surface area contributed by atoms with Gasteiger partial charge in [-0.2, -0.15) is 4.57 Å². The van der Waals surface area contributed by atoms with Gasteiger partial charge in [-0.3, -0.25) is 0 Å². The van der Waals surface area contributed by atoms with Crippen molar-refractivity contribution in [2.45, 2.75) is 11.7 Å². The molecule has 0 radical (unpaired) electrons. The number of para-hydroxylation sites is 1. The highest BCUT2D eigenvalue weighted by Gasteiger charge is 2.30. The number of rotatable bonds is 2. The lowest BCUT2D eigenvalue weighted by Crippen LogP contribution is -2.30. The molecule has 1 aliphatic rings. The maximum Gasteiger partial charge on any atom is 0.323 e. The van der Waals surface area contributed by atoms with Crippen LogP contribution in [0.2, 0.25) is 10.0 Å². The third-order valence-corrected chi connectivity index (χ3v) is 5.55. The van der Waals surface area contributed by atoms with Crippen LogP contribution in [0.25, 0.3) is 16.9 Å². The number of halogens is 2. The summed E-state index contributed by atoms with van der Waals surface area (Å²) >= 11 is 14.1. The lowest BCUT2D eigenvalue weighted by Gasteiger charge is -2.05. The van der Waals surface area contributed by atoms with E-state index in [1.54, 1.807) is 0 Å². The summed E-state index contributed by atoms with van der Waals surface area (Å²) in [5.74, 6) is 1.11. The van der Waals surface area contributed by atoms with E-state index in [1.165, 1.54) is 5.16 Å². The van der Waals surface area contributed by atoms with Gasteiger partial charge >= 0.3 is 5.16 Å². The molecule has 0 N–H and O–H groups in total. The Morgan fingerprint density at radius 1 is 1.00 bits per heavy atom. The number of imidazole rings is 1. The van der Waals surface area contributed by atoms with Gasteiger partial charge in [0.25, 0.3) is 0 Å². The van der Waals surface area contributed by atoms with Gasteiger partial charge in [-0.05, 0) is 42.1 Å². The number of aryl methyl sites for hydroxylation is 1. The van der Waals surface area contributed by atoms with E-state index in [0.29, 0.717) is 10.0 Å². The summed E-state index contributed by atoms with van der Waals surface area (Å²) in [5.41, 5.74) is 3.36. The Balaban J connectivity index is 1.95. The fourth-order valence-corrected chi connectivity index (χ4v) is 4.13. The van der Waals surface area contributed by atoms with Gasteiger partial charge in [-0.1, -0.05) is 41.4 Å². The number of fused-ring (bicyclic) bond motifs is 1. The van der Waals surface area contributed by atoms with Crippen LogP contribution >= 0.6 is 35.0 Å². The smallest absolute Gasteiger partial charge is 0.223 e. The quantitative estimate of drug-likeness (QED) is 0.602. The molecule has 110 valence electrons. The summed E-state index contributed by atoms with van der Waals surface area (Å²) in [5, 5.41) is 2.42. The second-order valence-corrected chi connectivity index (χ2v) is 7.02. The Morgan fingerprint density at radius 2 is 1.82 bits per heavy atom. The zero-order chi connectivity index (χ0) is 15.1. The van der Waals surface area contributed by atoms with Gasteiger partial charge in [0.1, 0.15) is 18.4 Å². The second-order valence-electron chi connectivity index (χ2n) is 5.14. The molecule has 4 rings (SSSR count). The zero-order valence-electron chi connectivity index (χ0n) is 11.7. The first-order valence-corrected chi connectivity index (χ1v) is 8.77. The zero-order valence-corrected chi connectivity index (χ0v) is 14.0. The maximum absolute atomic E-state index is 6.20. The van der Waals surface area contributed by atoms with Crippen molar-refractivity contribution < 1.29 is 4.57 Å². The molecule has 0 saturated heterocycles. The van der Waals surface area contributed by atoms with Crippen LogP contribution in [-0.4, -0.2) is 10.3 Å². The molecule has 22 heavy (non-hydrogen) atoms. The predicted molar refractivity (Wildman–Crippen MR) is 92.1 cm³/mol. The molecule has 0 fully saturated rings. The van der Waals surface area contributed by atoms with Crippen LogP contribution in [-0.2, 0) is 6.54 Å². The second kappa shape index (κ2) is 5.65. The van der Waals surface area contributed by atoms with Crippen molar-refractivity contribution in [3.8, 4) is 16.9 Å². The fourth-order valence-electron chi connectivity index (χ4n) is 2.72. The van der Waals surface area contributed by atoms with E-state index in [-0.39, 0.29) is 0 Å². The van der Waals surface area contributed by atoms with Crippen LogP contribution in [0.4, 0.5) is 0 Å². The third kappa shape index (κ3) is 2.34. The van der Waals surface area contributed by atoms with E-state index in [2.05, 4.69) is 39.6 Å². The third-order valence-electron chi connectivity index (χ3n) is 3.75. The van der Waals surface area contributed by atoms with Crippen LogP contribution in [0.3, 0.4) is 0 Å². The molecule has 0 unspecified atom stereocenters. The lowest BCUT2D eigenvalue weighted by molar-refractivity contribution is -0.723. The number of thioether (sulfide) groups is 1. The van der Waals surface area contributed by atoms with Crippen molar-refractivity contribution in [3.63, 3.8) is 0 Å². The molecule has 1 aromatic heterocycles. The van der Waals surface area contributed by atoms with E-state index >= 15 is 0 Å². The molecule has 0 saturated carbocycles. The molecule has 0 atom stereocenters. The summed E-state index contributed by atoms with van der Waals surface area (Å²) in [6.07, 6.45) is 2.20. The van der Waals surface area contributed by atoms with Crippen molar-refractivity contribution in [3.05, 3.63) is 64.8 Å². The minimum Gasteiger partial charge on any atom is -0.223 e. The molecule has 0 amide bonds. The summed E-state index contributed by atoms with van der Waals surface area (Å²) < 4.78 is 4.59. The Labute approximate surface area is 143 Å². The summed E-state index contributed by atoms with van der Waals surface area (Å²) in [4.78, 5) is 0. The average molecular weight is 348 g/mol. The van der Waals surface area contributed by atoms with E-state index in [4.69, 9.17) is 23.2 Å². The molecule has 0 bridgehead atoms. The Bertz CT molecular complexity index is 843. The number of aromatic nitrogens is 2.